The number of alkyl halides is 3. The van der Waals surface area contributed by atoms with E-state index in [2.05, 4.69) is 29.7 Å². The fourth-order valence-corrected chi connectivity index (χ4v) is 12.6. The van der Waals surface area contributed by atoms with E-state index in [1.165, 1.54) is 35.4 Å². The van der Waals surface area contributed by atoms with Gasteiger partial charge in [0, 0.05) is 52.5 Å². The van der Waals surface area contributed by atoms with E-state index in [1.807, 2.05) is 102 Å². The summed E-state index contributed by atoms with van der Waals surface area (Å²) in [4.78, 5) is 70.3. The summed E-state index contributed by atoms with van der Waals surface area (Å²) < 4.78 is 76.1. The van der Waals surface area contributed by atoms with Gasteiger partial charge >= 0.3 is 24.1 Å². The summed E-state index contributed by atoms with van der Waals surface area (Å²) in [7, 11) is 0. The topological polar surface area (TPSA) is 284 Å². The van der Waals surface area contributed by atoms with Crippen LogP contribution in [-0.4, -0.2) is 84.5 Å². The molecule has 0 unspecified atom stereocenters. The van der Waals surface area contributed by atoms with E-state index in [1.54, 1.807) is 60.7 Å². The van der Waals surface area contributed by atoms with Gasteiger partial charge in [-0.05, 0) is 163 Å². The summed E-state index contributed by atoms with van der Waals surface area (Å²) in [6.45, 7) is 5.67. The normalized spacial score (nSPS) is 11.3. The molecule has 0 saturated heterocycles. The van der Waals surface area contributed by atoms with Crippen LogP contribution in [0.25, 0.3) is 76.5 Å². The van der Waals surface area contributed by atoms with Crippen molar-refractivity contribution in [1.82, 2.24) is 13.7 Å². The number of aryl methyl sites for hydroxylation is 5. The number of carboxylic acids is 3. The van der Waals surface area contributed by atoms with Crippen molar-refractivity contribution in [3.63, 3.8) is 0 Å². The van der Waals surface area contributed by atoms with Crippen LogP contribution in [0.3, 0.4) is 0 Å². The van der Waals surface area contributed by atoms with E-state index in [0.717, 1.165) is 62.9 Å². The molecule has 0 saturated carbocycles. The number of rotatable bonds is 20. The summed E-state index contributed by atoms with van der Waals surface area (Å²) in [6.07, 6.45) is -3.67. The van der Waals surface area contributed by atoms with Gasteiger partial charge in [-0.15, -0.1) is 0 Å². The Kier molecular flexibility index (Phi) is 19.5. The molecular weight excluding hydrogens is 1280 g/mol. The van der Waals surface area contributed by atoms with Gasteiger partial charge in [-0.2, -0.15) is 13.2 Å². The van der Waals surface area contributed by atoms with Crippen molar-refractivity contribution >= 4 is 101 Å². The maximum atomic E-state index is 13.8. The molecule has 0 aliphatic rings. The number of hydrogen-bond acceptors (Lipinski definition) is 9. The molecule has 13 rings (SSSR count). The summed E-state index contributed by atoms with van der Waals surface area (Å²) in [5.74, 6) is -4.56. The minimum absolute atomic E-state index is 0.172. The first kappa shape index (κ1) is 67.9. The second kappa shape index (κ2) is 28.5. The van der Waals surface area contributed by atoms with E-state index in [9.17, 15) is 51.4 Å². The Morgan fingerprint density at radius 2 is 0.808 bits per heavy atom. The number of carboxylic acid groups (broad SMARTS) is 3. The highest BCUT2D eigenvalue weighted by molar-refractivity contribution is 6.22. The predicted molar refractivity (Wildman–Crippen MR) is 369 cm³/mol. The minimum atomic E-state index is -4.48. The Morgan fingerprint density at radius 3 is 1.26 bits per heavy atom. The molecule has 0 radical (unpaired) electrons. The zero-order valence-corrected chi connectivity index (χ0v) is 53.5. The molecule has 0 aliphatic carbocycles. The molecule has 0 bridgehead atoms. The van der Waals surface area contributed by atoms with Gasteiger partial charge in [0.1, 0.15) is 23.1 Å². The number of amides is 3. The Balaban J connectivity index is 0.000000151. The van der Waals surface area contributed by atoms with Crippen LogP contribution >= 0.6 is 0 Å². The third-order valence-electron chi connectivity index (χ3n) is 16.7. The number of ether oxygens (including phenoxy) is 3. The lowest BCUT2D eigenvalue weighted by atomic mass is 9.99. The van der Waals surface area contributed by atoms with Crippen molar-refractivity contribution in [2.24, 2.45) is 17.2 Å². The molecule has 9 N–H and O–H groups in total. The Hall–Kier alpha value is -12.5. The maximum absolute atomic E-state index is 13.8. The van der Waals surface area contributed by atoms with Crippen molar-refractivity contribution in [2.75, 3.05) is 19.8 Å². The number of benzene rings is 10. The Bertz CT molecular complexity index is 5350. The SMILES string of the molecule is Cc1cc(OCC(=O)O)c2c3c(C(N)=O)cccc3n(Cc3cccc(F)c3)c2c1.Cc1cccc(CCn2c3cc(C)cc(OCC(=O)O)c3c3c(C(N)=O)cccc32)c1.NC(=O)c1cccc2c1c1c(OCC(=O)O)cc(-c3ccc(C(F)(F)F)cc3)cc1n2Cc1ccccc1. The lowest BCUT2D eigenvalue weighted by Gasteiger charge is -2.13. The smallest absolute Gasteiger partial charge is 0.416 e. The number of nitrogens with zero attached hydrogens (tertiary/aromatic N) is 3. The lowest BCUT2D eigenvalue weighted by molar-refractivity contribution is -0.140. The third kappa shape index (κ3) is 14.7. The van der Waals surface area contributed by atoms with Crippen LogP contribution in [0.5, 0.6) is 17.2 Å². The number of aromatic nitrogens is 3. The summed E-state index contributed by atoms with van der Waals surface area (Å²) in [5, 5.41) is 31.0. The zero-order chi connectivity index (χ0) is 70.6. The van der Waals surface area contributed by atoms with Gasteiger partial charge in [0.25, 0.3) is 0 Å². The maximum Gasteiger partial charge on any atom is 0.416 e. The molecule has 3 amide bonds. The molecule has 13 aromatic rings. The second-order valence-corrected chi connectivity index (χ2v) is 23.7. The summed E-state index contributed by atoms with van der Waals surface area (Å²) in [6, 6.07) is 55.5. The van der Waals surface area contributed by atoms with Crippen LogP contribution in [-0.2, 0) is 46.6 Å². The van der Waals surface area contributed by atoms with Gasteiger partial charge in [-0.25, -0.2) is 18.8 Å². The Morgan fingerprint density at radius 1 is 0.394 bits per heavy atom. The minimum Gasteiger partial charge on any atom is -0.481 e. The van der Waals surface area contributed by atoms with Crippen molar-refractivity contribution in [3.8, 4) is 28.4 Å². The molecular formula is C77H64F4N6O12. The predicted octanol–water partition coefficient (Wildman–Crippen LogP) is 14.2. The quantitative estimate of drug-likeness (QED) is 0.0389. The molecule has 0 atom stereocenters. The highest BCUT2D eigenvalue weighted by atomic mass is 19.4. The Labute approximate surface area is 562 Å². The number of nitrogens with two attached hydrogens (primary N) is 3. The lowest BCUT2D eigenvalue weighted by Crippen LogP contribution is -2.11. The first-order valence-electron chi connectivity index (χ1n) is 31.0. The van der Waals surface area contributed by atoms with Gasteiger partial charge in [-0.1, -0.05) is 103 Å². The van der Waals surface area contributed by atoms with Crippen LogP contribution in [0.1, 0.15) is 70.0 Å². The highest BCUT2D eigenvalue weighted by Crippen LogP contribution is 2.44. The molecule has 18 nitrogen and oxygen atoms in total. The summed E-state index contributed by atoms with van der Waals surface area (Å²) >= 11 is 0. The van der Waals surface area contributed by atoms with E-state index in [-0.39, 0.29) is 17.1 Å². The molecule has 0 fully saturated rings. The molecule has 0 aliphatic heterocycles. The number of carbonyl (C=O) groups excluding carboxylic acids is 3. The average molecular weight is 1340 g/mol. The molecule has 10 aromatic carbocycles. The zero-order valence-electron chi connectivity index (χ0n) is 53.5. The molecule has 99 heavy (non-hydrogen) atoms. The fraction of sp³-hybridized carbons (Fsp3) is 0.143. The van der Waals surface area contributed by atoms with Crippen LogP contribution < -0.4 is 31.4 Å². The largest absolute Gasteiger partial charge is 0.481 e. The van der Waals surface area contributed by atoms with E-state index in [4.69, 9.17) is 41.6 Å². The van der Waals surface area contributed by atoms with Gasteiger partial charge in [-0.3, -0.25) is 14.4 Å². The highest BCUT2D eigenvalue weighted by Gasteiger charge is 2.31. The van der Waals surface area contributed by atoms with Gasteiger partial charge in [0.2, 0.25) is 17.7 Å². The molecule has 0 spiro atoms. The van der Waals surface area contributed by atoms with Crippen LogP contribution in [0.2, 0.25) is 0 Å². The van der Waals surface area contributed by atoms with Crippen molar-refractivity contribution < 1.29 is 75.9 Å². The number of primary amides is 3. The first-order valence-corrected chi connectivity index (χ1v) is 31.0. The van der Waals surface area contributed by atoms with Gasteiger partial charge < -0.3 is 60.4 Å². The van der Waals surface area contributed by atoms with Gasteiger partial charge in [0.15, 0.2) is 19.8 Å². The molecule has 3 heterocycles. The standard InChI is InChI=1S/C29H21F3N2O4.C25H24N2O4.C23H19FN2O4/c30-29(31,32)20-11-9-18(10-12-20)19-13-23-27(24(14-19)38-16-25(35)36)26-21(28(33)37)7-4-8-22(26)34(23)15-17-5-2-1-3-6-17;1-15-5-3-6-17(11-15)9-10-27-19-8-4-7-18(25(26)30)23(19)24-20(27)12-16(2)13-21(24)31-14-22(28)29;1-13-8-18-22(19(9-13)30-12-20(27)28)21-16(23(25)29)6-3-7-17(21)26(18)11-14-4-2-5-15(24)10-14/h1-14H,15-16H2,(H2,33,37)(H,35,36);3-8,11-13H,9-10,14H2,1-2H3,(H2,26,30)(H,28,29);2-10H,11-12H2,1H3,(H2,25,29)(H,27,28). The van der Waals surface area contributed by atoms with E-state index < -0.39 is 67.2 Å². The third-order valence-corrected chi connectivity index (χ3v) is 16.7. The number of carbonyl (C=O) groups is 6. The monoisotopic (exact) mass is 1340 g/mol. The fourth-order valence-electron chi connectivity index (χ4n) is 12.6. The number of aliphatic carboxylic acids is 3. The molecule has 502 valence electrons. The van der Waals surface area contributed by atoms with Crippen molar-refractivity contribution in [1.29, 1.82) is 0 Å². The van der Waals surface area contributed by atoms with Crippen LogP contribution in [0, 0.1) is 26.6 Å². The molecule has 3 aromatic heterocycles. The average Bonchev–Trinajstić information content (AvgIpc) is 1.63. The van der Waals surface area contributed by atoms with E-state index in [0.29, 0.717) is 96.7 Å². The summed E-state index contributed by atoms with van der Waals surface area (Å²) in [5.41, 5.74) is 28.6. The van der Waals surface area contributed by atoms with Crippen molar-refractivity contribution in [2.45, 2.75) is 53.0 Å². The second-order valence-electron chi connectivity index (χ2n) is 23.7. The van der Waals surface area contributed by atoms with Crippen LogP contribution in [0.15, 0.2) is 194 Å². The van der Waals surface area contributed by atoms with Gasteiger partial charge in [0.05, 0.1) is 54.8 Å². The number of fused-ring (bicyclic) bond motifs is 9. The number of hydrogen-bond donors (Lipinski definition) is 6. The first-order chi connectivity index (χ1) is 47.3. The molecule has 22 heteroatoms. The number of halogens is 4. The van der Waals surface area contributed by atoms with Crippen molar-refractivity contribution in [3.05, 3.63) is 256 Å². The van der Waals surface area contributed by atoms with E-state index >= 15 is 0 Å². The van der Waals surface area contributed by atoms with Crippen LogP contribution in [0.4, 0.5) is 17.6 Å².